The highest BCUT2D eigenvalue weighted by atomic mass is 16.3. The van der Waals surface area contributed by atoms with Crippen molar-refractivity contribution in [3.63, 3.8) is 0 Å². The molecular formula is C14H17NO. The van der Waals surface area contributed by atoms with Gasteiger partial charge in [0.05, 0.1) is 13.2 Å². The van der Waals surface area contributed by atoms with Crippen molar-refractivity contribution in [2.45, 2.75) is 0 Å². The molecule has 0 spiro atoms. The predicted molar refractivity (Wildman–Crippen MR) is 67.0 cm³/mol. The van der Waals surface area contributed by atoms with Crippen LogP contribution in [0.4, 0.5) is 0 Å². The lowest BCUT2D eigenvalue weighted by molar-refractivity contribution is 0.222. The Morgan fingerprint density at radius 3 is 2.69 bits per heavy atom. The molecule has 1 aromatic carbocycles. The van der Waals surface area contributed by atoms with Crippen LogP contribution in [0.3, 0.4) is 0 Å². The van der Waals surface area contributed by atoms with Gasteiger partial charge in [0.15, 0.2) is 0 Å². The average molecular weight is 215 g/mol. The summed E-state index contributed by atoms with van der Waals surface area (Å²) in [6.45, 7) is 5.87. The van der Waals surface area contributed by atoms with E-state index in [0.29, 0.717) is 13.1 Å². The molecule has 2 nitrogen and oxygen atoms in total. The van der Waals surface area contributed by atoms with Crippen LogP contribution in [0.15, 0.2) is 43.0 Å². The van der Waals surface area contributed by atoms with Crippen LogP contribution in [0.2, 0.25) is 0 Å². The number of nitrogens with zero attached hydrogens (tertiary/aromatic N) is 1. The zero-order valence-corrected chi connectivity index (χ0v) is 9.39. The maximum atomic E-state index is 8.86. The zero-order chi connectivity index (χ0) is 11.6. The van der Waals surface area contributed by atoms with E-state index in [1.165, 1.54) is 0 Å². The first kappa shape index (κ1) is 12.5. The molecule has 0 saturated carbocycles. The second kappa shape index (κ2) is 7.70. The van der Waals surface area contributed by atoms with Gasteiger partial charge in [-0.1, -0.05) is 36.1 Å². The van der Waals surface area contributed by atoms with E-state index in [2.05, 4.69) is 18.4 Å². The van der Waals surface area contributed by atoms with Crippen LogP contribution in [0.5, 0.6) is 0 Å². The van der Waals surface area contributed by atoms with E-state index in [-0.39, 0.29) is 6.61 Å². The molecule has 0 unspecified atom stereocenters. The van der Waals surface area contributed by atoms with Crippen molar-refractivity contribution in [1.82, 2.24) is 4.90 Å². The molecule has 1 rings (SSSR count). The molecule has 0 aliphatic carbocycles. The zero-order valence-electron chi connectivity index (χ0n) is 9.39. The maximum absolute atomic E-state index is 8.86. The van der Waals surface area contributed by atoms with Crippen LogP contribution < -0.4 is 0 Å². The third kappa shape index (κ3) is 4.79. The third-order valence-electron chi connectivity index (χ3n) is 2.11. The summed E-state index contributed by atoms with van der Waals surface area (Å²) in [4.78, 5) is 2.04. The van der Waals surface area contributed by atoms with Crippen molar-refractivity contribution in [3.05, 3.63) is 48.6 Å². The number of benzene rings is 1. The van der Waals surface area contributed by atoms with Gasteiger partial charge in [0, 0.05) is 18.7 Å². The minimum atomic E-state index is 0.154. The highest BCUT2D eigenvalue weighted by Crippen LogP contribution is 1.95. The molecule has 0 fully saturated rings. The van der Waals surface area contributed by atoms with Gasteiger partial charge in [0.25, 0.3) is 0 Å². The van der Waals surface area contributed by atoms with E-state index >= 15 is 0 Å². The van der Waals surface area contributed by atoms with Crippen molar-refractivity contribution >= 4 is 0 Å². The van der Waals surface area contributed by atoms with Gasteiger partial charge >= 0.3 is 0 Å². The Labute approximate surface area is 97.2 Å². The quantitative estimate of drug-likeness (QED) is 0.594. The molecule has 0 saturated heterocycles. The molecule has 1 aromatic rings. The molecule has 0 heterocycles. The normalized spacial score (nSPS) is 9.62. The summed E-state index contributed by atoms with van der Waals surface area (Å²) < 4.78 is 0. The predicted octanol–water partition coefficient (Wildman–Crippen LogP) is 1.52. The molecule has 0 aromatic heterocycles. The van der Waals surface area contributed by atoms with E-state index in [0.717, 1.165) is 12.1 Å². The fraction of sp³-hybridized carbons (Fsp3) is 0.286. The van der Waals surface area contributed by atoms with E-state index in [4.69, 9.17) is 5.11 Å². The van der Waals surface area contributed by atoms with Crippen molar-refractivity contribution < 1.29 is 5.11 Å². The molecule has 1 N–H and O–H groups in total. The van der Waals surface area contributed by atoms with Crippen LogP contribution in [-0.2, 0) is 0 Å². The second-order valence-corrected chi connectivity index (χ2v) is 3.42. The van der Waals surface area contributed by atoms with Crippen LogP contribution in [0.25, 0.3) is 0 Å². The van der Waals surface area contributed by atoms with Gasteiger partial charge < -0.3 is 5.11 Å². The molecule has 84 valence electrons. The first-order chi connectivity index (χ1) is 7.86. The third-order valence-corrected chi connectivity index (χ3v) is 2.11. The van der Waals surface area contributed by atoms with Gasteiger partial charge in [-0.3, -0.25) is 4.90 Å². The Morgan fingerprint density at radius 1 is 1.31 bits per heavy atom. The minimum absolute atomic E-state index is 0.154. The summed E-state index contributed by atoms with van der Waals surface area (Å²) in [5, 5.41) is 8.86. The topological polar surface area (TPSA) is 23.5 Å². The van der Waals surface area contributed by atoms with Gasteiger partial charge in [-0.15, -0.1) is 6.58 Å². The highest BCUT2D eigenvalue weighted by Gasteiger charge is 1.97. The van der Waals surface area contributed by atoms with Gasteiger partial charge in [-0.2, -0.15) is 0 Å². The van der Waals surface area contributed by atoms with Crippen LogP contribution in [-0.4, -0.2) is 36.2 Å². The number of hydrogen-bond acceptors (Lipinski definition) is 2. The molecule has 0 radical (unpaired) electrons. The summed E-state index contributed by atoms with van der Waals surface area (Å²) in [5.74, 6) is 6.17. The van der Waals surface area contributed by atoms with Crippen molar-refractivity contribution in [1.29, 1.82) is 0 Å². The highest BCUT2D eigenvalue weighted by molar-refractivity contribution is 5.33. The lowest BCUT2D eigenvalue weighted by atomic mass is 10.2. The summed E-state index contributed by atoms with van der Waals surface area (Å²) >= 11 is 0. The molecule has 0 atom stereocenters. The van der Waals surface area contributed by atoms with Crippen LogP contribution >= 0.6 is 0 Å². The van der Waals surface area contributed by atoms with Gasteiger partial charge in [0.1, 0.15) is 0 Å². The molecule has 0 aliphatic rings. The maximum Gasteiger partial charge on any atom is 0.0608 e. The Kier molecular flexibility index (Phi) is 6.02. The van der Waals surface area contributed by atoms with Gasteiger partial charge in [-0.05, 0) is 12.1 Å². The van der Waals surface area contributed by atoms with E-state index in [9.17, 15) is 0 Å². The van der Waals surface area contributed by atoms with Crippen molar-refractivity contribution in [3.8, 4) is 11.8 Å². The lowest BCUT2D eigenvalue weighted by Gasteiger charge is -2.15. The first-order valence-electron chi connectivity index (χ1n) is 5.35. The number of aliphatic hydroxyl groups excluding tert-OH is 1. The summed E-state index contributed by atoms with van der Waals surface area (Å²) in [6.07, 6.45) is 1.82. The molecule has 2 heteroatoms. The fourth-order valence-corrected chi connectivity index (χ4v) is 1.33. The Hall–Kier alpha value is -1.56. The number of rotatable bonds is 5. The largest absolute Gasteiger partial charge is 0.395 e. The summed E-state index contributed by atoms with van der Waals surface area (Å²) in [5.41, 5.74) is 1.02. The lowest BCUT2D eigenvalue weighted by Crippen LogP contribution is -2.27. The van der Waals surface area contributed by atoms with Crippen LogP contribution in [0.1, 0.15) is 5.56 Å². The molecule has 0 aliphatic heterocycles. The van der Waals surface area contributed by atoms with Gasteiger partial charge in [-0.25, -0.2) is 0 Å². The summed E-state index contributed by atoms with van der Waals surface area (Å²) in [7, 11) is 0. The average Bonchev–Trinajstić information content (AvgIpc) is 2.31. The van der Waals surface area contributed by atoms with Gasteiger partial charge in [0.2, 0.25) is 0 Å². The second-order valence-electron chi connectivity index (χ2n) is 3.42. The Balaban J connectivity index is 2.48. The SMILES string of the molecule is C=CCN(CC#Cc1ccccc1)CCO. The smallest absolute Gasteiger partial charge is 0.0608 e. The van der Waals surface area contributed by atoms with E-state index < -0.39 is 0 Å². The molecule has 0 amide bonds. The molecule has 16 heavy (non-hydrogen) atoms. The molecule has 0 bridgehead atoms. The first-order valence-corrected chi connectivity index (χ1v) is 5.35. The number of aliphatic hydroxyl groups is 1. The Morgan fingerprint density at radius 2 is 2.06 bits per heavy atom. The minimum Gasteiger partial charge on any atom is -0.395 e. The number of hydrogen-bond donors (Lipinski definition) is 1. The van der Waals surface area contributed by atoms with E-state index in [1.807, 2.05) is 41.3 Å². The Bertz CT molecular complexity index is 361. The van der Waals surface area contributed by atoms with Crippen molar-refractivity contribution in [2.75, 3.05) is 26.2 Å². The molecular weight excluding hydrogens is 198 g/mol. The van der Waals surface area contributed by atoms with Crippen molar-refractivity contribution in [2.24, 2.45) is 0 Å². The van der Waals surface area contributed by atoms with Crippen LogP contribution in [0, 0.1) is 11.8 Å². The van der Waals surface area contributed by atoms with E-state index in [1.54, 1.807) is 0 Å². The monoisotopic (exact) mass is 215 g/mol. The standard InChI is InChI=1S/C14H17NO/c1-2-10-15(12-13-16)11-6-9-14-7-4-3-5-8-14/h2-5,7-8,16H,1,10-13H2. The summed E-state index contributed by atoms with van der Waals surface area (Å²) in [6, 6.07) is 9.88. The fourth-order valence-electron chi connectivity index (χ4n) is 1.33.